The highest BCUT2D eigenvalue weighted by atomic mass is 16.7. The number of nitro groups is 1. The summed E-state index contributed by atoms with van der Waals surface area (Å²) in [5, 5.41) is 20.6. The van der Waals surface area contributed by atoms with Gasteiger partial charge in [0.1, 0.15) is 5.75 Å². The van der Waals surface area contributed by atoms with E-state index in [-0.39, 0.29) is 42.6 Å². The molecule has 0 fully saturated rings. The zero-order valence-corrected chi connectivity index (χ0v) is 18.8. The van der Waals surface area contributed by atoms with Crippen LogP contribution in [0.4, 0.5) is 5.69 Å². The van der Waals surface area contributed by atoms with Gasteiger partial charge in [-0.3, -0.25) is 19.7 Å². The molecule has 0 aromatic heterocycles. The number of nitrogens with zero attached hydrogens (tertiary/aromatic N) is 1. The smallest absolute Gasteiger partial charge is 0.313 e. The molecular formula is C24H25NO9. The number of hydrogen-bond acceptors (Lipinski definition) is 8. The number of benzene rings is 2. The van der Waals surface area contributed by atoms with Crippen LogP contribution in [0.1, 0.15) is 30.4 Å². The van der Waals surface area contributed by atoms with E-state index in [0.29, 0.717) is 17.7 Å². The number of carboxylic acids is 1. The van der Waals surface area contributed by atoms with Gasteiger partial charge < -0.3 is 24.1 Å². The number of carbonyl (C=O) groups is 2. The van der Waals surface area contributed by atoms with Crippen LogP contribution < -0.4 is 4.74 Å². The van der Waals surface area contributed by atoms with Crippen molar-refractivity contribution in [3.05, 3.63) is 57.6 Å². The third-order valence-electron chi connectivity index (χ3n) is 4.71. The number of carbonyl (C=O) groups excluding carboxylic acids is 1. The summed E-state index contributed by atoms with van der Waals surface area (Å²) >= 11 is 0. The van der Waals surface area contributed by atoms with Crippen LogP contribution in [-0.2, 0) is 23.8 Å². The van der Waals surface area contributed by atoms with Crippen LogP contribution in [0.3, 0.4) is 0 Å². The quantitative estimate of drug-likeness (QED) is 0.116. The van der Waals surface area contributed by atoms with E-state index in [9.17, 15) is 24.8 Å². The number of non-ortho nitro benzene ring substituents is 1. The van der Waals surface area contributed by atoms with E-state index in [1.807, 2.05) is 0 Å². The molecule has 10 heteroatoms. The van der Waals surface area contributed by atoms with Gasteiger partial charge in [-0.2, -0.15) is 0 Å². The molecule has 10 nitrogen and oxygen atoms in total. The van der Waals surface area contributed by atoms with Gasteiger partial charge in [-0.1, -0.05) is 18.1 Å². The van der Waals surface area contributed by atoms with Gasteiger partial charge in [0.2, 0.25) is 0 Å². The van der Waals surface area contributed by atoms with Crippen LogP contribution in [-0.4, -0.2) is 55.7 Å². The molecule has 1 unspecified atom stereocenters. The number of methoxy groups -OCH3 is 1. The van der Waals surface area contributed by atoms with E-state index in [4.69, 9.17) is 25.4 Å². The number of carboxylic acid groups (broad SMARTS) is 1. The molecule has 1 atom stereocenters. The number of aliphatic carboxylic acids is 1. The van der Waals surface area contributed by atoms with Gasteiger partial charge in [0, 0.05) is 24.8 Å². The first-order valence-electron chi connectivity index (χ1n) is 10.3. The van der Waals surface area contributed by atoms with E-state index >= 15 is 0 Å². The Bertz CT molecular complexity index is 1070. The second-order valence-corrected chi connectivity index (χ2v) is 6.96. The number of nitro benzene ring substituents is 1. The second kappa shape index (κ2) is 12.9. The highest BCUT2D eigenvalue weighted by molar-refractivity contribution is 5.86. The van der Waals surface area contributed by atoms with Gasteiger partial charge in [0.15, 0.2) is 6.79 Å². The first-order valence-corrected chi connectivity index (χ1v) is 10.3. The van der Waals surface area contributed by atoms with E-state index in [2.05, 4.69) is 5.92 Å². The minimum absolute atomic E-state index is 0.0642. The molecule has 0 aliphatic rings. The van der Waals surface area contributed by atoms with Gasteiger partial charge >= 0.3 is 11.9 Å². The lowest BCUT2D eigenvalue weighted by Gasteiger charge is -2.19. The molecule has 2 aromatic carbocycles. The molecule has 0 aliphatic heterocycles. The largest absolute Gasteiger partial charge is 0.481 e. The second-order valence-electron chi connectivity index (χ2n) is 6.96. The average Bonchev–Trinajstić information content (AvgIpc) is 2.82. The van der Waals surface area contributed by atoms with Crippen molar-refractivity contribution >= 4 is 17.6 Å². The Morgan fingerprint density at radius 2 is 2.00 bits per heavy atom. The predicted octanol–water partition coefficient (Wildman–Crippen LogP) is 3.36. The van der Waals surface area contributed by atoms with Crippen molar-refractivity contribution in [2.75, 3.05) is 33.7 Å². The van der Waals surface area contributed by atoms with E-state index < -0.39 is 29.2 Å². The first-order chi connectivity index (χ1) is 16.3. The zero-order valence-electron chi connectivity index (χ0n) is 18.8. The highest BCUT2D eigenvalue weighted by Crippen LogP contribution is 2.38. The molecule has 0 saturated carbocycles. The van der Waals surface area contributed by atoms with Crippen LogP contribution in [0.25, 0.3) is 11.1 Å². The standard InChI is InChI=1S/C24H25NO9/c1-4-16-11-18(21(14-22(26)27)24(28)33-5-2)13-20(23(16)34-15-32-10-9-31-3)17-7-6-8-19(12-17)25(29)30/h1,6-8,11-13,21H,5,9-10,14-15H2,2-3H3,(H,26,27). The zero-order chi connectivity index (χ0) is 25.1. The fraction of sp³-hybridized carbons (Fsp3) is 0.333. The van der Waals surface area contributed by atoms with Crippen molar-refractivity contribution in [3.8, 4) is 29.2 Å². The summed E-state index contributed by atoms with van der Waals surface area (Å²) in [6, 6.07) is 8.76. The van der Waals surface area contributed by atoms with Gasteiger partial charge in [-0.15, -0.1) is 6.42 Å². The molecule has 2 aromatic rings. The van der Waals surface area contributed by atoms with Crippen LogP contribution >= 0.6 is 0 Å². The number of hydrogen-bond donors (Lipinski definition) is 1. The Morgan fingerprint density at radius 1 is 1.24 bits per heavy atom. The summed E-state index contributed by atoms with van der Waals surface area (Å²) in [7, 11) is 1.52. The Labute approximate surface area is 196 Å². The molecule has 180 valence electrons. The molecule has 0 spiro atoms. The molecule has 0 heterocycles. The van der Waals surface area contributed by atoms with Crippen molar-refractivity contribution in [2.45, 2.75) is 19.3 Å². The molecule has 0 radical (unpaired) electrons. The molecule has 0 amide bonds. The lowest BCUT2D eigenvalue weighted by molar-refractivity contribution is -0.384. The number of ether oxygens (including phenoxy) is 4. The summed E-state index contributed by atoms with van der Waals surface area (Å²) in [4.78, 5) is 34.7. The maximum atomic E-state index is 12.5. The predicted molar refractivity (Wildman–Crippen MR) is 121 cm³/mol. The summed E-state index contributed by atoms with van der Waals surface area (Å²) in [5.74, 6) is -0.404. The van der Waals surface area contributed by atoms with Crippen LogP contribution in [0.15, 0.2) is 36.4 Å². The molecule has 0 aliphatic carbocycles. The highest BCUT2D eigenvalue weighted by Gasteiger charge is 2.28. The number of esters is 1. The molecule has 0 bridgehead atoms. The Hall–Kier alpha value is -3.94. The minimum atomic E-state index is -1.20. The SMILES string of the molecule is C#Cc1cc(C(CC(=O)O)C(=O)OCC)cc(-c2cccc([N+](=O)[O-])c2)c1OCOCCOC. The molecular weight excluding hydrogens is 446 g/mol. The van der Waals surface area contributed by atoms with Gasteiger partial charge in [-0.05, 0) is 30.2 Å². The third kappa shape index (κ3) is 7.03. The maximum absolute atomic E-state index is 12.5. The molecule has 2 rings (SSSR count). The average molecular weight is 471 g/mol. The normalized spacial score (nSPS) is 11.3. The van der Waals surface area contributed by atoms with E-state index in [0.717, 1.165) is 0 Å². The lowest BCUT2D eigenvalue weighted by atomic mass is 9.89. The number of terminal acetylenes is 1. The van der Waals surface area contributed by atoms with Crippen molar-refractivity contribution in [3.63, 3.8) is 0 Å². The monoisotopic (exact) mass is 471 g/mol. The van der Waals surface area contributed by atoms with Crippen molar-refractivity contribution < 1.29 is 38.6 Å². The van der Waals surface area contributed by atoms with E-state index in [1.54, 1.807) is 13.0 Å². The fourth-order valence-corrected chi connectivity index (χ4v) is 3.17. The van der Waals surface area contributed by atoms with Crippen LogP contribution in [0.5, 0.6) is 5.75 Å². The van der Waals surface area contributed by atoms with Crippen molar-refractivity contribution in [1.82, 2.24) is 0 Å². The topological polar surface area (TPSA) is 134 Å². The lowest BCUT2D eigenvalue weighted by Crippen LogP contribution is -2.20. The summed E-state index contributed by atoms with van der Waals surface area (Å²) in [5.41, 5.74) is 1.05. The maximum Gasteiger partial charge on any atom is 0.313 e. The van der Waals surface area contributed by atoms with Crippen molar-refractivity contribution in [1.29, 1.82) is 0 Å². The molecule has 0 saturated heterocycles. The minimum Gasteiger partial charge on any atom is -0.481 e. The number of rotatable bonds is 13. The first kappa shape index (κ1) is 26.3. The summed E-state index contributed by atoms with van der Waals surface area (Å²) in [6.07, 6.45) is 5.17. The Morgan fingerprint density at radius 3 is 2.62 bits per heavy atom. The van der Waals surface area contributed by atoms with E-state index in [1.165, 1.54) is 37.4 Å². The van der Waals surface area contributed by atoms with Crippen LogP contribution in [0, 0.1) is 22.5 Å². The summed E-state index contributed by atoms with van der Waals surface area (Å²) < 4.78 is 21.1. The molecule has 1 N–H and O–H groups in total. The van der Waals surface area contributed by atoms with Gasteiger partial charge in [-0.25, -0.2) is 0 Å². The van der Waals surface area contributed by atoms with Gasteiger partial charge in [0.05, 0.1) is 42.6 Å². The van der Waals surface area contributed by atoms with Crippen molar-refractivity contribution in [2.24, 2.45) is 0 Å². The Kier molecular flexibility index (Phi) is 10.0. The Balaban J connectivity index is 2.64. The van der Waals surface area contributed by atoms with Gasteiger partial charge in [0.25, 0.3) is 5.69 Å². The fourth-order valence-electron chi connectivity index (χ4n) is 3.17. The third-order valence-corrected chi connectivity index (χ3v) is 4.71. The molecule has 34 heavy (non-hydrogen) atoms. The summed E-state index contributed by atoms with van der Waals surface area (Å²) in [6.45, 7) is 2.09. The van der Waals surface area contributed by atoms with Crippen LogP contribution in [0.2, 0.25) is 0 Å².